The zero-order chi connectivity index (χ0) is 9.72. The van der Waals surface area contributed by atoms with Crippen LogP contribution in [0.2, 0.25) is 0 Å². The van der Waals surface area contributed by atoms with Gasteiger partial charge < -0.3 is 15.8 Å². The maximum atomic E-state index is 10.9. The summed E-state index contributed by atoms with van der Waals surface area (Å²) in [5, 5.41) is 3.01. The minimum Gasteiger partial charge on any atom is -0.464 e. The predicted molar refractivity (Wildman–Crippen MR) is 47.2 cm³/mol. The number of nitrogens with two attached hydrogens (primary N) is 1. The molecule has 4 nitrogen and oxygen atoms in total. The highest BCUT2D eigenvalue weighted by Crippen LogP contribution is 1.97. The highest BCUT2D eigenvalue weighted by molar-refractivity contribution is 5.87. The first-order chi connectivity index (χ1) is 5.49. The quantitative estimate of drug-likeness (QED) is 0.476. The lowest BCUT2D eigenvalue weighted by Crippen LogP contribution is -2.26. The molecule has 0 atom stereocenters. The van der Waals surface area contributed by atoms with Crippen molar-refractivity contribution in [3.63, 3.8) is 0 Å². The van der Waals surface area contributed by atoms with Gasteiger partial charge in [0.25, 0.3) is 0 Å². The van der Waals surface area contributed by atoms with Gasteiger partial charge in [-0.1, -0.05) is 0 Å². The van der Waals surface area contributed by atoms with Gasteiger partial charge in [0.15, 0.2) is 0 Å². The Hall–Kier alpha value is -1.19. The van der Waals surface area contributed by atoms with E-state index in [1.54, 1.807) is 6.92 Å². The van der Waals surface area contributed by atoms with Gasteiger partial charge in [-0.2, -0.15) is 0 Å². The minimum absolute atomic E-state index is 0.131. The van der Waals surface area contributed by atoms with Gasteiger partial charge in [0.05, 0.1) is 7.11 Å². The van der Waals surface area contributed by atoms with Crippen molar-refractivity contribution >= 4 is 5.97 Å². The van der Waals surface area contributed by atoms with Crippen LogP contribution in [0.5, 0.6) is 0 Å². The summed E-state index contributed by atoms with van der Waals surface area (Å²) in [5.41, 5.74) is 6.24. The molecule has 3 N–H and O–H groups in total. The van der Waals surface area contributed by atoms with Crippen LogP contribution in [0.4, 0.5) is 0 Å². The van der Waals surface area contributed by atoms with E-state index in [1.165, 1.54) is 7.11 Å². The van der Waals surface area contributed by atoms with Crippen molar-refractivity contribution in [2.24, 2.45) is 5.73 Å². The number of nitrogens with one attached hydrogen (secondary N) is 1. The van der Waals surface area contributed by atoms with Crippen LogP contribution in [0.1, 0.15) is 20.8 Å². The summed E-state index contributed by atoms with van der Waals surface area (Å²) in [7, 11) is 1.30. The lowest BCUT2D eigenvalue weighted by atomic mass is 10.3. The highest BCUT2D eigenvalue weighted by atomic mass is 16.5. The predicted octanol–water partition coefficient (Wildman–Crippen LogP) is 0.348. The zero-order valence-corrected chi connectivity index (χ0v) is 7.97. The molecule has 4 heteroatoms. The Balaban J connectivity index is 4.35. The van der Waals surface area contributed by atoms with Crippen LogP contribution in [0.3, 0.4) is 0 Å². The van der Waals surface area contributed by atoms with Crippen molar-refractivity contribution in [1.82, 2.24) is 5.32 Å². The number of hydrogen-bond acceptors (Lipinski definition) is 4. The summed E-state index contributed by atoms with van der Waals surface area (Å²) < 4.78 is 4.45. The number of methoxy groups -OCH3 is 1. The molecule has 0 aromatic rings. The average Bonchev–Trinajstić information content (AvgIpc) is 2.00. The van der Waals surface area contributed by atoms with Gasteiger partial charge in [-0.05, 0) is 20.8 Å². The third-order valence-corrected chi connectivity index (χ3v) is 1.31. The van der Waals surface area contributed by atoms with Crippen molar-refractivity contribution in [3.05, 3.63) is 11.4 Å². The van der Waals surface area contributed by atoms with Crippen molar-refractivity contribution in [3.8, 4) is 0 Å². The molecule has 0 saturated heterocycles. The molecule has 12 heavy (non-hydrogen) atoms. The van der Waals surface area contributed by atoms with Gasteiger partial charge >= 0.3 is 5.97 Å². The maximum absolute atomic E-state index is 10.9. The minimum atomic E-state index is -0.499. The molecule has 0 bridgehead atoms. The van der Waals surface area contributed by atoms with Gasteiger partial charge in [-0.3, -0.25) is 0 Å². The number of carbonyl (C=O) groups is 1. The molecule has 0 amide bonds. The van der Waals surface area contributed by atoms with Gasteiger partial charge in [-0.15, -0.1) is 0 Å². The molecule has 0 heterocycles. The largest absolute Gasteiger partial charge is 0.464 e. The molecule has 0 unspecified atom stereocenters. The van der Waals surface area contributed by atoms with E-state index in [2.05, 4.69) is 10.1 Å². The smallest absolute Gasteiger partial charge is 0.355 e. The lowest BCUT2D eigenvalue weighted by Gasteiger charge is -2.11. The van der Waals surface area contributed by atoms with Crippen LogP contribution >= 0.6 is 0 Å². The van der Waals surface area contributed by atoms with Gasteiger partial charge in [0, 0.05) is 11.7 Å². The first-order valence-electron chi connectivity index (χ1n) is 3.80. The standard InChI is InChI=1S/C8H16N2O2/c1-5(2)10-6(3)7(9)8(11)12-4/h5,10H,9H2,1-4H3/b7-6-. The molecule has 0 rings (SSSR count). The van der Waals surface area contributed by atoms with Crippen LogP contribution in [-0.2, 0) is 9.53 Å². The number of allylic oxidation sites excluding steroid dienone is 1. The topological polar surface area (TPSA) is 64.3 Å². The van der Waals surface area contributed by atoms with E-state index in [1.807, 2.05) is 13.8 Å². The normalized spacial score (nSPS) is 12.4. The van der Waals surface area contributed by atoms with E-state index in [-0.39, 0.29) is 11.7 Å². The van der Waals surface area contributed by atoms with E-state index in [9.17, 15) is 4.79 Å². The summed E-state index contributed by atoms with van der Waals surface area (Å²) in [6.07, 6.45) is 0. The molecular formula is C8H16N2O2. The maximum Gasteiger partial charge on any atom is 0.355 e. The van der Waals surface area contributed by atoms with E-state index in [4.69, 9.17) is 5.73 Å². The van der Waals surface area contributed by atoms with Crippen LogP contribution < -0.4 is 11.1 Å². The van der Waals surface area contributed by atoms with Gasteiger partial charge in [0.2, 0.25) is 0 Å². The molecule has 0 aromatic heterocycles. The molecule has 0 fully saturated rings. The average molecular weight is 172 g/mol. The third-order valence-electron chi connectivity index (χ3n) is 1.31. The van der Waals surface area contributed by atoms with Crippen molar-refractivity contribution in [2.75, 3.05) is 7.11 Å². The molecule has 70 valence electrons. The molecule has 0 saturated carbocycles. The highest BCUT2D eigenvalue weighted by Gasteiger charge is 2.08. The van der Waals surface area contributed by atoms with E-state index in [0.29, 0.717) is 5.70 Å². The van der Waals surface area contributed by atoms with Gasteiger partial charge in [-0.25, -0.2) is 4.79 Å². The van der Waals surface area contributed by atoms with E-state index >= 15 is 0 Å². The number of ether oxygens (including phenoxy) is 1. The Morgan fingerprint density at radius 2 is 2.00 bits per heavy atom. The summed E-state index contributed by atoms with van der Waals surface area (Å²) in [6.45, 7) is 5.67. The fourth-order valence-electron chi connectivity index (χ4n) is 0.774. The molecular weight excluding hydrogens is 156 g/mol. The van der Waals surface area contributed by atoms with Gasteiger partial charge in [0.1, 0.15) is 5.70 Å². The zero-order valence-electron chi connectivity index (χ0n) is 7.97. The van der Waals surface area contributed by atoms with Crippen molar-refractivity contribution < 1.29 is 9.53 Å². The Kier molecular flexibility index (Phi) is 4.18. The summed E-state index contributed by atoms with van der Waals surface area (Å²) in [5.74, 6) is -0.499. The van der Waals surface area contributed by atoms with Crippen LogP contribution in [0, 0.1) is 0 Å². The van der Waals surface area contributed by atoms with E-state index < -0.39 is 5.97 Å². The van der Waals surface area contributed by atoms with Crippen LogP contribution in [0.15, 0.2) is 11.4 Å². The third kappa shape index (κ3) is 3.27. The second kappa shape index (κ2) is 4.64. The van der Waals surface area contributed by atoms with Crippen LogP contribution in [0.25, 0.3) is 0 Å². The second-order valence-corrected chi connectivity index (χ2v) is 2.83. The molecule has 0 aromatic carbocycles. The Labute approximate surface area is 72.8 Å². The first kappa shape index (κ1) is 10.8. The summed E-state index contributed by atoms with van der Waals surface area (Å²) in [4.78, 5) is 10.9. The fourth-order valence-corrected chi connectivity index (χ4v) is 0.774. The SMILES string of the molecule is COC(=O)/C(N)=C(\C)NC(C)C. The molecule has 0 radical (unpaired) electrons. The number of rotatable bonds is 3. The lowest BCUT2D eigenvalue weighted by molar-refractivity contribution is -0.136. The Bertz CT molecular complexity index is 197. The van der Waals surface area contributed by atoms with E-state index in [0.717, 1.165) is 0 Å². The van der Waals surface area contributed by atoms with Crippen molar-refractivity contribution in [1.29, 1.82) is 0 Å². The Morgan fingerprint density at radius 1 is 1.50 bits per heavy atom. The molecule has 0 spiro atoms. The molecule has 0 aliphatic carbocycles. The Morgan fingerprint density at radius 3 is 2.33 bits per heavy atom. The summed E-state index contributed by atoms with van der Waals surface area (Å²) in [6, 6.07) is 0.258. The molecule has 0 aliphatic rings. The molecule has 0 aliphatic heterocycles. The van der Waals surface area contributed by atoms with Crippen molar-refractivity contribution in [2.45, 2.75) is 26.8 Å². The second-order valence-electron chi connectivity index (χ2n) is 2.83. The monoisotopic (exact) mass is 172 g/mol. The first-order valence-corrected chi connectivity index (χ1v) is 3.80. The number of esters is 1. The summed E-state index contributed by atoms with van der Waals surface area (Å²) >= 11 is 0. The number of hydrogen-bond donors (Lipinski definition) is 2. The van der Waals surface area contributed by atoms with Crippen LogP contribution in [-0.4, -0.2) is 19.1 Å². The number of carbonyl (C=O) groups excluding carboxylic acids is 1. The fraction of sp³-hybridized carbons (Fsp3) is 0.625.